The Morgan fingerprint density at radius 2 is 2.18 bits per heavy atom. The molecular weight excluding hydrogens is 296 g/mol. The Kier molecular flexibility index (Phi) is 4.43. The summed E-state index contributed by atoms with van der Waals surface area (Å²) in [5, 5.41) is 2.68. The smallest absolute Gasteiger partial charge is 0.273 e. The summed E-state index contributed by atoms with van der Waals surface area (Å²) in [4.78, 5) is 19.1. The van der Waals surface area contributed by atoms with Gasteiger partial charge in [0.2, 0.25) is 0 Å². The molecule has 5 heteroatoms. The normalized spacial score (nSPS) is 18.3. The predicted octanol–water partition coefficient (Wildman–Crippen LogP) is 3.83. The Bertz CT molecular complexity index is 668. The third kappa shape index (κ3) is 2.86. The number of carbonyl (C=O) groups is 1. The molecule has 1 saturated heterocycles. The minimum Gasteiger partial charge on any atom is -0.496 e. The number of hydrogen-bond donors (Lipinski definition) is 0. The number of piperidine rings is 1. The van der Waals surface area contributed by atoms with Gasteiger partial charge in [-0.05, 0) is 38.3 Å². The predicted molar refractivity (Wildman–Crippen MR) is 88.5 cm³/mol. The van der Waals surface area contributed by atoms with Crippen LogP contribution in [0.5, 0.6) is 5.75 Å². The van der Waals surface area contributed by atoms with E-state index in [4.69, 9.17) is 4.74 Å². The van der Waals surface area contributed by atoms with Crippen LogP contribution in [0.2, 0.25) is 0 Å². The van der Waals surface area contributed by atoms with Crippen LogP contribution in [-0.4, -0.2) is 35.5 Å². The van der Waals surface area contributed by atoms with Gasteiger partial charge >= 0.3 is 0 Å². The molecule has 2 heterocycles. The number of hydrogen-bond acceptors (Lipinski definition) is 4. The lowest BCUT2D eigenvalue weighted by molar-refractivity contribution is 0.0630. The van der Waals surface area contributed by atoms with E-state index in [1.54, 1.807) is 7.11 Å². The second-order valence-corrected chi connectivity index (χ2v) is 6.44. The van der Waals surface area contributed by atoms with Crippen molar-refractivity contribution in [2.75, 3.05) is 13.7 Å². The molecular formula is C17H20N2O2S. The van der Waals surface area contributed by atoms with Gasteiger partial charge in [-0.3, -0.25) is 4.79 Å². The van der Waals surface area contributed by atoms with Crippen LogP contribution in [0.15, 0.2) is 29.6 Å². The van der Waals surface area contributed by atoms with Crippen molar-refractivity contribution in [3.8, 4) is 16.3 Å². The fourth-order valence-corrected chi connectivity index (χ4v) is 3.69. The van der Waals surface area contributed by atoms with Crippen LogP contribution in [0.25, 0.3) is 10.6 Å². The molecule has 0 aliphatic carbocycles. The lowest BCUT2D eigenvalue weighted by Crippen LogP contribution is -2.42. The van der Waals surface area contributed by atoms with Crippen molar-refractivity contribution in [1.82, 2.24) is 9.88 Å². The molecule has 116 valence electrons. The fraction of sp³-hybridized carbons (Fsp3) is 0.412. The Hall–Kier alpha value is -1.88. The van der Waals surface area contributed by atoms with Crippen LogP contribution in [0.1, 0.15) is 36.7 Å². The molecule has 1 aromatic heterocycles. The first kappa shape index (κ1) is 15.0. The van der Waals surface area contributed by atoms with E-state index in [0.29, 0.717) is 11.7 Å². The van der Waals surface area contributed by atoms with Gasteiger partial charge in [-0.15, -0.1) is 11.3 Å². The number of nitrogens with zero attached hydrogens (tertiary/aromatic N) is 2. The number of para-hydroxylation sites is 1. The van der Waals surface area contributed by atoms with Crippen LogP contribution < -0.4 is 4.74 Å². The Labute approximate surface area is 134 Å². The number of ether oxygens (including phenoxy) is 1. The van der Waals surface area contributed by atoms with Gasteiger partial charge in [-0.1, -0.05) is 12.1 Å². The highest BCUT2D eigenvalue weighted by Crippen LogP contribution is 2.32. The summed E-state index contributed by atoms with van der Waals surface area (Å²) in [7, 11) is 1.65. The maximum absolute atomic E-state index is 12.6. The molecule has 1 aliphatic heterocycles. The molecule has 1 fully saturated rings. The van der Waals surface area contributed by atoms with E-state index in [0.717, 1.165) is 35.7 Å². The van der Waals surface area contributed by atoms with Crippen LogP contribution >= 0.6 is 11.3 Å². The minimum atomic E-state index is 0.0459. The summed E-state index contributed by atoms with van der Waals surface area (Å²) in [5.74, 6) is 0.826. The summed E-state index contributed by atoms with van der Waals surface area (Å²) < 4.78 is 5.37. The molecule has 0 radical (unpaired) electrons. The van der Waals surface area contributed by atoms with Crippen LogP contribution in [0.3, 0.4) is 0 Å². The Balaban J connectivity index is 1.86. The number of carbonyl (C=O) groups excluding carboxylic acids is 1. The van der Waals surface area contributed by atoms with Crippen molar-refractivity contribution in [3.05, 3.63) is 35.3 Å². The van der Waals surface area contributed by atoms with Gasteiger partial charge in [0, 0.05) is 18.0 Å². The van der Waals surface area contributed by atoms with Crippen molar-refractivity contribution in [2.45, 2.75) is 32.2 Å². The molecule has 4 nitrogen and oxygen atoms in total. The van der Waals surface area contributed by atoms with Crippen molar-refractivity contribution in [3.63, 3.8) is 0 Å². The monoisotopic (exact) mass is 316 g/mol. The standard InChI is InChI=1S/C17H20N2O2S/c1-12-7-5-6-10-19(12)17(20)14-11-22-16(18-14)13-8-3-4-9-15(13)21-2/h3-4,8-9,11-12H,5-7,10H2,1-2H3. The second kappa shape index (κ2) is 6.48. The van der Waals surface area contributed by atoms with Gasteiger partial charge in [0.1, 0.15) is 16.5 Å². The van der Waals surface area contributed by atoms with Crippen molar-refractivity contribution in [1.29, 1.82) is 0 Å². The average Bonchev–Trinajstić information content (AvgIpc) is 3.04. The van der Waals surface area contributed by atoms with Crippen LogP contribution in [0, 0.1) is 0 Å². The summed E-state index contributed by atoms with van der Waals surface area (Å²) >= 11 is 1.49. The average molecular weight is 316 g/mol. The van der Waals surface area contributed by atoms with Gasteiger partial charge in [0.05, 0.1) is 12.7 Å². The number of rotatable bonds is 3. The van der Waals surface area contributed by atoms with E-state index in [-0.39, 0.29) is 5.91 Å². The van der Waals surface area contributed by atoms with E-state index < -0.39 is 0 Å². The van der Waals surface area contributed by atoms with Crippen molar-refractivity contribution >= 4 is 17.2 Å². The Morgan fingerprint density at radius 1 is 1.36 bits per heavy atom. The summed E-state index contributed by atoms with van der Waals surface area (Å²) in [6.45, 7) is 2.95. The molecule has 1 unspecified atom stereocenters. The zero-order valence-electron chi connectivity index (χ0n) is 12.9. The molecule has 0 N–H and O–H groups in total. The highest BCUT2D eigenvalue weighted by Gasteiger charge is 2.26. The van der Waals surface area contributed by atoms with Crippen molar-refractivity contribution < 1.29 is 9.53 Å². The Morgan fingerprint density at radius 3 is 2.95 bits per heavy atom. The fourth-order valence-electron chi connectivity index (χ4n) is 2.86. The number of methoxy groups -OCH3 is 1. The molecule has 1 aliphatic rings. The molecule has 2 aromatic rings. The zero-order valence-corrected chi connectivity index (χ0v) is 13.7. The number of amides is 1. The molecule has 22 heavy (non-hydrogen) atoms. The minimum absolute atomic E-state index is 0.0459. The van der Waals surface area contributed by atoms with Gasteiger partial charge < -0.3 is 9.64 Å². The van der Waals surface area contributed by atoms with Crippen LogP contribution in [-0.2, 0) is 0 Å². The lowest BCUT2D eigenvalue weighted by Gasteiger charge is -2.32. The summed E-state index contributed by atoms with van der Waals surface area (Å²) in [6.07, 6.45) is 3.36. The van der Waals surface area contributed by atoms with Gasteiger partial charge in [0.15, 0.2) is 0 Å². The van der Waals surface area contributed by atoms with E-state index in [2.05, 4.69) is 11.9 Å². The molecule has 0 saturated carbocycles. The van der Waals surface area contributed by atoms with E-state index >= 15 is 0 Å². The number of thiazole rings is 1. The topological polar surface area (TPSA) is 42.4 Å². The third-order valence-corrected chi connectivity index (χ3v) is 5.00. The number of aromatic nitrogens is 1. The highest BCUT2D eigenvalue weighted by molar-refractivity contribution is 7.13. The largest absolute Gasteiger partial charge is 0.496 e. The summed E-state index contributed by atoms with van der Waals surface area (Å²) in [6, 6.07) is 8.06. The summed E-state index contributed by atoms with van der Waals surface area (Å²) in [5.41, 5.74) is 1.47. The maximum Gasteiger partial charge on any atom is 0.273 e. The number of likely N-dealkylation sites (tertiary alicyclic amines) is 1. The highest BCUT2D eigenvalue weighted by atomic mass is 32.1. The molecule has 1 atom stereocenters. The molecule has 0 spiro atoms. The number of benzene rings is 1. The maximum atomic E-state index is 12.6. The first-order chi connectivity index (χ1) is 10.7. The van der Waals surface area contributed by atoms with Gasteiger partial charge in [-0.25, -0.2) is 4.98 Å². The lowest BCUT2D eigenvalue weighted by atomic mass is 10.0. The van der Waals surface area contributed by atoms with E-state index in [9.17, 15) is 4.79 Å². The first-order valence-corrected chi connectivity index (χ1v) is 8.48. The molecule has 1 amide bonds. The first-order valence-electron chi connectivity index (χ1n) is 7.60. The molecule has 1 aromatic carbocycles. The molecule has 3 rings (SSSR count). The van der Waals surface area contributed by atoms with Gasteiger partial charge in [0.25, 0.3) is 5.91 Å². The van der Waals surface area contributed by atoms with Gasteiger partial charge in [-0.2, -0.15) is 0 Å². The third-order valence-electron chi connectivity index (χ3n) is 4.12. The van der Waals surface area contributed by atoms with Crippen molar-refractivity contribution in [2.24, 2.45) is 0 Å². The SMILES string of the molecule is COc1ccccc1-c1nc(C(=O)N2CCCCC2C)cs1. The van der Waals surface area contributed by atoms with Crippen LogP contribution in [0.4, 0.5) is 0 Å². The second-order valence-electron chi connectivity index (χ2n) is 5.58. The van der Waals surface area contributed by atoms with E-state index in [1.165, 1.54) is 17.8 Å². The quantitative estimate of drug-likeness (QED) is 0.864. The van der Waals surface area contributed by atoms with E-state index in [1.807, 2.05) is 34.5 Å². The zero-order chi connectivity index (χ0) is 15.5. The molecule has 0 bridgehead atoms.